The molecule has 5 rings (SSSR count). The number of fused-ring (bicyclic) bond motifs is 1. The van der Waals surface area contributed by atoms with Crippen LogP contribution in [0.1, 0.15) is 31.2 Å². The third-order valence-corrected chi connectivity index (χ3v) is 8.76. The molecule has 2 aromatic heterocycles. The van der Waals surface area contributed by atoms with Crippen LogP contribution in [0.2, 0.25) is 0 Å². The van der Waals surface area contributed by atoms with Gasteiger partial charge in [-0.05, 0) is 73.6 Å². The Morgan fingerprint density at radius 3 is 2.36 bits per heavy atom. The van der Waals surface area contributed by atoms with Crippen molar-refractivity contribution in [1.82, 2.24) is 19.2 Å². The summed E-state index contributed by atoms with van der Waals surface area (Å²) in [6.45, 7) is 7.52. The number of aromatic nitrogens is 2. The number of nitrogens with zero attached hydrogens (tertiary/aromatic N) is 4. The van der Waals surface area contributed by atoms with Crippen molar-refractivity contribution < 1.29 is 8.42 Å². The number of nitrogens with one attached hydrogen (secondary N) is 2. The van der Waals surface area contributed by atoms with E-state index in [1.807, 2.05) is 12.1 Å². The van der Waals surface area contributed by atoms with Gasteiger partial charge in [0.05, 0.1) is 11.6 Å². The first-order chi connectivity index (χ1) is 17.3. The number of sulfonamides is 1. The molecule has 2 aliphatic heterocycles. The molecule has 9 nitrogen and oxygen atoms in total. The van der Waals surface area contributed by atoms with Crippen LogP contribution in [0.25, 0.3) is 10.8 Å². The van der Waals surface area contributed by atoms with Crippen LogP contribution in [0, 0.1) is 0 Å². The smallest absolute Gasteiger partial charge is 0.259 e. The van der Waals surface area contributed by atoms with Crippen LogP contribution in [0.4, 0.5) is 17.3 Å². The Balaban J connectivity index is 1.38. The van der Waals surface area contributed by atoms with E-state index in [1.165, 1.54) is 29.0 Å². The minimum absolute atomic E-state index is 0.199. The average Bonchev–Trinajstić information content (AvgIpc) is 2.89. The summed E-state index contributed by atoms with van der Waals surface area (Å²) in [4.78, 5) is 24.9. The minimum atomic E-state index is -3.21. The van der Waals surface area contributed by atoms with Crippen molar-refractivity contribution >= 4 is 38.1 Å². The van der Waals surface area contributed by atoms with E-state index in [-0.39, 0.29) is 5.56 Å². The van der Waals surface area contributed by atoms with Crippen LogP contribution in [0.15, 0.2) is 47.4 Å². The SMILES string of the molecule is CCN1CCC(c2ccc(Nc3nc(N4CCN(S(C)(=O)=O)CC4)cc4cc[nH]c(=O)c34)cc2)CC1. The molecule has 0 saturated carbocycles. The van der Waals surface area contributed by atoms with Gasteiger partial charge in [0.25, 0.3) is 5.56 Å². The molecule has 192 valence electrons. The molecule has 2 aliphatic rings. The molecule has 0 amide bonds. The van der Waals surface area contributed by atoms with Crippen LogP contribution in [-0.4, -0.2) is 79.7 Å². The lowest BCUT2D eigenvalue weighted by Crippen LogP contribution is -2.48. The van der Waals surface area contributed by atoms with E-state index in [0.717, 1.165) is 36.5 Å². The number of aromatic amines is 1. The first-order valence-corrected chi connectivity index (χ1v) is 14.5. The Labute approximate surface area is 212 Å². The van der Waals surface area contributed by atoms with E-state index in [4.69, 9.17) is 4.98 Å². The summed E-state index contributed by atoms with van der Waals surface area (Å²) in [6, 6.07) is 12.2. The number of piperazine rings is 1. The Morgan fingerprint density at radius 1 is 1.03 bits per heavy atom. The van der Waals surface area contributed by atoms with E-state index in [2.05, 4.69) is 51.3 Å². The molecule has 36 heavy (non-hydrogen) atoms. The highest BCUT2D eigenvalue weighted by Crippen LogP contribution is 2.31. The topological polar surface area (TPSA) is 102 Å². The maximum Gasteiger partial charge on any atom is 0.259 e. The number of pyridine rings is 2. The first-order valence-electron chi connectivity index (χ1n) is 12.6. The fraction of sp³-hybridized carbons (Fsp3) is 0.462. The van der Waals surface area contributed by atoms with Gasteiger partial charge in [0.2, 0.25) is 10.0 Å². The number of hydrogen-bond acceptors (Lipinski definition) is 7. The third kappa shape index (κ3) is 5.25. The van der Waals surface area contributed by atoms with Gasteiger partial charge >= 0.3 is 0 Å². The average molecular weight is 511 g/mol. The normalized spacial score (nSPS) is 18.6. The Bertz CT molecular complexity index is 1370. The van der Waals surface area contributed by atoms with Crippen molar-refractivity contribution in [2.45, 2.75) is 25.7 Å². The van der Waals surface area contributed by atoms with Crippen molar-refractivity contribution in [3.05, 3.63) is 58.5 Å². The largest absolute Gasteiger partial charge is 0.354 e. The van der Waals surface area contributed by atoms with Gasteiger partial charge in [-0.3, -0.25) is 4.79 Å². The second-order valence-corrected chi connectivity index (χ2v) is 11.7. The monoisotopic (exact) mass is 510 g/mol. The Kier molecular flexibility index (Phi) is 7.00. The van der Waals surface area contributed by atoms with Crippen LogP contribution in [0.5, 0.6) is 0 Å². The molecule has 4 heterocycles. The van der Waals surface area contributed by atoms with E-state index >= 15 is 0 Å². The molecule has 0 radical (unpaired) electrons. The molecule has 0 atom stereocenters. The zero-order valence-corrected chi connectivity index (χ0v) is 21.7. The molecule has 0 aliphatic carbocycles. The molecule has 2 fully saturated rings. The van der Waals surface area contributed by atoms with Crippen LogP contribution >= 0.6 is 0 Å². The summed E-state index contributed by atoms with van der Waals surface area (Å²) in [7, 11) is -3.21. The fourth-order valence-corrected chi connectivity index (χ4v) is 6.09. The van der Waals surface area contributed by atoms with Crippen LogP contribution < -0.4 is 15.8 Å². The molecular formula is C26H34N6O3S. The first kappa shape index (κ1) is 24.7. The maximum absolute atomic E-state index is 12.7. The number of H-pyrrole nitrogens is 1. The van der Waals surface area contributed by atoms with Gasteiger partial charge in [0.15, 0.2) is 0 Å². The van der Waals surface area contributed by atoms with Gasteiger partial charge in [0.1, 0.15) is 11.6 Å². The molecule has 0 bridgehead atoms. The fourth-order valence-electron chi connectivity index (χ4n) is 5.26. The number of anilines is 3. The zero-order valence-electron chi connectivity index (χ0n) is 20.9. The second kappa shape index (κ2) is 10.2. The molecule has 2 N–H and O–H groups in total. The molecule has 1 aromatic carbocycles. The lowest BCUT2D eigenvalue weighted by molar-refractivity contribution is 0.222. The van der Waals surface area contributed by atoms with E-state index < -0.39 is 10.0 Å². The summed E-state index contributed by atoms with van der Waals surface area (Å²) in [5.41, 5.74) is 2.03. The summed E-state index contributed by atoms with van der Waals surface area (Å²) in [5.74, 6) is 1.81. The molecule has 3 aromatic rings. The zero-order chi connectivity index (χ0) is 25.3. The highest BCUT2D eigenvalue weighted by atomic mass is 32.2. The van der Waals surface area contributed by atoms with Gasteiger partial charge in [-0.2, -0.15) is 4.31 Å². The Morgan fingerprint density at radius 2 is 1.72 bits per heavy atom. The minimum Gasteiger partial charge on any atom is -0.354 e. The second-order valence-electron chi connectivity index (χ2n) is 9.70. The quantitative estimate of drug-likeness (QED) is 0.526. The van der Waals surface area contributed by atoms with Crippen LogP contribution in [-0.2, 0) is 10.0 Å². The summed E-state index contributed by atoms with van der Waals surface area (Å²) < 4.78 is 25.3. The molecule has 0 spiro atoms. The van der Waals surface area contributed by atoms with Crippen molar-refractivity contribution in [2.75, 3.05) is 62.3 Å². The highest BCUT2D eigenvalue weighted by Gasteiger charge is 2.25. The van der Waals surface area contributed by atoms with Gasteiger partial charge in [0, 0.05) is 38.1 Å². The molecule has 2 saturated heterocycles. The highest BCUT2D eigenvalue weighted by molar-refractivity contribution is 7.88. The molecule has 0 unspecified atom stereocenters. The van der Waals surface area contributed by atoms with Gasteiger partial charge in [-0.1, -0.05) is 19.1 Å². The Hall–Kier alpha value is -2.95. The number of piperidine rings is 1. The molecule has 10 heteroatoms. The van der Waals surface area contributed by atoms with Crippen molar-refractivity contribution in [3.63, 3.8) is 0 Å². The van der Waals surface area contributed by atoms with Crippen molar-refractivity contribution in [1.29, 1.82) is 0 Å². The van der Waals surface area contributed by atoms with Crippen molar-refractivity contribution in [3.8, 4) is 0 Å². The summed E-state index contributed by atoms with van der Waals surface area (Å²) >= 11 is 0. The van der Waals surface area contributed by atoms with Gasteiger partial charge < -0.3 is 20.1 Å². The maximum atomic E-state index is 12.7. The van der Waals surface area contributed by atoms with Gasteiger partial charge in [-0.25, -0.2) is 13.4 Å². The number of hydrogen-bond donors (Lipinski definition) is 2. The molecular weight excluding hydrogens is 476 g/mol. The van der Waals surface area contributed by atoms with Crippen LogP contribution in [0.3, 0.4) is 0 Å². The van der Waals surface area contributed by atoms with E-state index in [1.54, 1.807) is 6.20 Å². The predicted molar refractivity (Wildman–Crippen MR) is 145 cm³/mol. The summed E-state index contributed by atoms with van der Waals surface area (Å²) in [5, 5.41) is 4.67. The predicted octanol–water partition coefficient (Wildman–Crippen LogP) is 2.95. The lowest BCUT2D eigenvalue weighted by atomic mass is 9.89. The number of benzene rings is 1. The standard InChI is InChI=1S/C26H34N6O3S/c1-3-30-12-9-20(10-13-30)19-4-6-22(7-5-19)28-25-24-21(8-11-27-26(24)33)18-23(29-25)31-14-16-32(17-15-31)36(2,34)35/h4-8,11,18,20H,3,9-10,12-17H2,1-2H3,(H,27,33)(H,28,29). The van der Waals surface area contributed by atoms with E-state index in [9.17, 15) is 13.2 Å². The van der Waals surface area contributed by atoms with Gasteiger partial charge in [-0.15, -0.1) is 0 Å². The van der Waals surface area contributed by atoms with E-state index in [0.29, 0.717) is 43.3 Å². The number of rotatable bonds is 6. The summed E-state index contributed by atoms with van der Waals surface area (Å²) in [6.07, 6.45) is 5.23. The van der Waals surface area contributed by atoms with Crippen molar-refractivity contribution in [2.24, 2.45) is 0 Å². The third-order valence-electron chi connectivity index (χ3n) is 7.45. The number of likely N-dealkylation sites (tertiary alicyclic amines) is 1. The lowest BCUT2D eigenvalue weighted by Gasteiger charge is -2.34.